The standard InChI is InChI=1S/C16H18N4O8/c17-7-16(20-4-3-10(21)19-15(20)27)5-8(12(24)13(16)25)6-28-14(26)9(18)1-2-11(22)23/h3-4,9,13,24-25H,1-2,5-6,18H2,(H,22,23)(H,19,21,27)/t9-,13?,16+/m1/s1. The maximum absolute atomic E-state index is 12.0. The van der Waals surface area contributed by atoms with E-state index in [0.29, 0.717) is 0 Å². The van der Waals surface area contributed by atoms with Gasteiger partial charge < -0.3 is 25.8 Å². The van der Waals surface area contributed by atoms with Gasteiger partial charge in [-0.2, -0.15) is 5.26 Å². The van der Waals surface area contributed by atoms with E-state index in [4.69, 9.17) is 15.6 Å². The summed E-state index contributed by atoms with van der Waals surface area (Å²) >= 11 is 0. The number of aromatic amines is 1. The second-order valence-electron chi connectivity index (χ2n) is 6.23. The number of esters is 1. The van der Waals surface area contributed by atoms with Crippen LogP contribution in [0.25, 0.3) is 0 Å². The number of nitriles is 1. The quantitative estimate of drug-likeness (QED) is 0.323. The molecule has 0 saturated heterocycles. The maximum Gasteiger partial charge on any atom is 0.329 e. The second-order valence-corrected chi connectivity index (χ2v) is 6.23. The second kappa shape index (κ2) is 8.07. The number of nitrogens with one attached hydrogen (secondary N) is 1. The molecule has 0 radical (unpaired) electrons. The Morgan fingerprint density at radius 1 is 1.50 bits per heavy atom. The molecule has 0 spiro atoms. The zero-order valence-corrected chi connectivity index (χ0v) is 14.5. The summed E-state index contributed by atoms with van der Waals surface area (Å²) in [5, 5.41) is 38.6. The average Bonchev–Trinajstić information content (AvgIpc) is 2.89. The lowest BCUT2D eigenvalue weighted by Gasteiger charge is -2.27. The first-order chi connectivity index (χ1) is 13.1. The Balaban J connectivity index is 2.17. The summed E-state index contributed by atoms with van der Waals surface area (Å²) in [4.78, 5) is 47.5. The van der Waals surface area contributed by atoms with Crippen molar-refractivity contribution < 1.29 is 29.6 Å². The lowest BCUT2D eigenvalue weighted by atomic mass is 9.94. The minimum atomic E-state index is -1.95. The number of nitrogens with two attached hydrogens (primary N) is 1. The zero-order valence-electron chi connectivity index (χ0n) is 14.5. The normalized spacial score (nSPS) is 22.5. The van der Waals surface area contributed by atoms with Crippen molar-refractivity contribution in [3.63, 3.8) is 0 Å². The minimum absolute atomic E-state index is 0.0223. The van der Waals surface area contributed by atoms with E-state index in [1.54, 1.807) is 6.07 Å². The number of carbonyl (C=O) groups is 2. The van der Waals surface area contributed by atoms with Crippen molar-refractivity contribution in [2.45, 2.75) is 36.9 Å². The van der Waals surface area contributed by atoms with Gasteiger partial charge in [0.15, 0.2) is 5.54 Å². The molecule has 6 N–H and O–H groups in total. The molecule has 0 saturated carbocycles. The maximum atomic E-state index is 12.0. The number of hydrogen-bond acceptors (Lipinski definition) is 9. The van der Waals surface area contributed by atoms with Crippen LogP contribution >= 0.6 is 0 Å². The van der Waals surface area contributed by atoms with Gasteiger partial charge in [-0.3, -0.25) is 23.9 Å². The highest BCUT2D eigenvalue weighted by Crippen LogP contribution is 2.38. The van der Waals surface area contributed by atoms with Gasteiger partial charge in [-0.15, -0.1) is 0 Å². The van der Waals surface area contributed by atoms with Crippen molar-refractivity contribution in [1.82, 2.24) is 9.55 Å². The van der Waals surface area contributed by atoms with Crippen LogP contribution in [0.4, 0.5) is 0 Å². The molecule has 12 nitrogen and oxygen atoms in total. The van der Waals surface area contributed by atoms with E-state index >= 15 is 0 Å². The molecule has 0 amide bonds. The van der Waals surface area contributed by atoms with Crippen molar-refractivity contribution in [1.29, 1.82) is 5.26 Å². The van der Waals surface area contributed by atoms with Crippen molar-refractivity contribution in [3.8, 4) is 6.07 Å². The highest BCUT2D eigenvalue weighted by molar-refractivity contribution is 5.76. The van der Waals surface area contributed by atoms with Gasteiger partial charge >= 0.3 is 17.6 Å². The molecule has 1 aromatic rings. The van der Waals surface area contributed by atoms with Crippen LogP contribution in [0.15, 0.2) is 33.2 Å². The summed E-state index contributed by atoms with van der Waals surface area (Å²) in [6.07, 6.45) is -1.65. The molecule has 1 heterocycles. The number of aliphatic carboxylic acids is 1. The fourth-order valence-corrected chi connectivity index (χ4v) is 2.82. The molecule has 0 bridgehead atoms. The SMILES string of the molecule is N#C[C@@]1(n2ccc(=O)[nH]c2=O)CC(COC(=O)[C@H](N)CCC(=O)O)=C(O)C1O. The summed E-state index contributed by atoms with van der Waals surface area (Å²) in [5.74, 6) is -2.70. The average molecular weight is 394 g/mol. The molecule has 2 rings (SSSR count). The van der Waals surface area contributed by atoms with Crippen LogP contribution in [-0.4, -0.2) is 55.6 Å². The Labute approximate surface area is 157 Å². The largest absolute Gasteiger partial charge is 0.509 e. The molecule has 0 fully saturated rings. The first-order valence-electron chi connectivity index (χ1n) is 8.09. The van der Waals surface area contributed by atoms with Crippen LogP contribution in [0.1, 0.15) is 19.3 Å². The van der Waals surface area contributed by atoms with Gasteiger partial charge in [0, 0.05) is 30.7 Å². The highest BCUT2D eigenvalue weighted by Gasteiger charge is 2.50. The number of carbonyl (C=O) groups excluding carboxylic acids is 1. The van der Waals surface area contributed by atoms with Crippen molar-refractivity contribution >= 4 is 11.9 Å². The van der Waals surface area contributed by atoms with Gasteiger partial charge in [0.2, 0.25) is 0 Å². The lowest BCUT2D eigenvalue weighted by Crippen LogP contribution is -2.48. The molecule has 1 aromatic heterocycles. The number of carboxylic acid groups (broad SMARTS) is 1. The molecular weight excluding hydrogens is 376 g/mol. The summed E-state index contributed by atoms with van der Waals surface area (Å²) in [6, 6.07) is 1.54. The monoisotopic (exact) mass is 394 g/mol. The van der Waals surface area contributed by atoms with Crippen molar-refractivity contribution in [2.24, 2.45) is 5.73 Å². The van der Waals surface area contributed by atoms with Crippen LogP contribution in [-0.2, 0) is 19.9 Å². The van der Waals surface area contributed by atoms with E-state index in [2.05, 4.69) is 0 Å². The summed E-state index contributed by atoms with van der Waals surface area (Å²) in [7, 11) is 0. The molecule has 1 aliphatic carbocycles. The molecule has 0 aromatic carbocycles. The Morgan fingerprint density at radius 2 is 2.18 bits per heavy atom. The number of aliphatic hydroxyl groups is 2. The Kier molecular flexibility index (Phi) is 6.02. The van der Waals surface area contributed by atoms with E-state index in [1.807, 2.05) is 4.98 Å². The van der Waals surface area contributed by atoms with Crippen LogP contribution in [0.5, 0.6) is 0 Å². The Morgan fingerprint density at radius 3 is 2.75 bits per heavy atom. The van der Waals surface area contributed by atoms with Crippen LogP contribution in [0.2, 0.25) is 0 Å². The number of nitrogens with zero attached hydrogens (tertiary/aromatic N) is 2. The number of H-pyrrole nitrogens is 1. The van der Waals surface area contributed by atoms with Gasteiger partial charge in [-0.1, -0.05) is 0 Å². The third kappa shape index (κ3) is 3.95. The zero-order chi connectivity index (χ0) is 21.1. The molecule has 12 heteroatoms. The Hall–Kier alpha value is -3.43. The summed E-state index contributed by atoms with van der Waals surface area (Å²) in [6.45, 7) is -0.524. The van der Waals surface area contributed by atoms with Gasteiger partial charge in [0.25, 0.3) is 5.56 Å². The first-order valence-corrected chi connectivity index (χ1v) is 8.09. The summed E-state index contributed by atoms with van der Waals surface area (Å²) < 4.78 is 5.70. The van der Waals surface area contributed by atoms with Crippen molar-refractivity contribution in [3.05, 3.63) is 44.4 Å². The van der Waals surface area contributed by atoms with E-state index in [0.717, 1.165) is 16.8 Å². The number of aromatic nitrogens is 2. The van der Waals surface area contributed by atoms with E-state index in [9.17, 15) is 34.7 Å². The van der Waals surface area contributed by atoms with Gasteiger partial charge in [0.05, 0.1) is 6.07 Å². The Bertz CT molecular complexity index is 972. The molecule has 28 heavy (non-hydrogen) atoms. The molecule has 1 unspecified atom stereocenters. The summed E-state index contributed by atoms with van der Waals surface area (Å²) in [5.41, 5.74) is 1.88. The predicted molar refractivity (Wildman–Crippen MR) is 91.0 cm³/mol. The number of aliphatic hydroxyl groups excluding tert-OH is 2. The smallest absolute Gasteiger partial charge is 0.329 e. The topological polar surface area (TPSA) is 209 Å². The fourth-order valence-electron chi connectivity index (χ4n) is 2.82. The molecule has 3 atom stereocenters. The number of carboxylic acids is 1. The highest BCUT2D eigenvalue weighted by atomic mass is 16.5. The third-order valence-corrected chi connectivity index (χ3v) is 4.36. The predicted octanol–water partition coefficient (Wildman–Crippen LogP) is -1.93. The minimum Gasteiger partial charge on any atom is -0.509 e. The van der Waals surface area contributed by atoms with E-state index < -0.39 is 53.2 Å². The van der Waals surface area contributed by atoms with Crippen molar-refractivity contribution in [2.75, 3.05) is 6.61 Å². The number of hydrogen-bond donors (Lipinski definition) is 5. The van der Waals surface area contributed by atoms with Crippen LogP contribution in [0, 0.1) is 11.3 Å². The molecule has 1 aliphatic rings. The fraction of sp³-hybridized carbons (Fsp3) is 0.438. The first kappa shape index (κ1) is 20.9. The lowest BCUT2D eigenvalue weighted by molar-refractivity contribution is -0.144. The van der Waals surface area contributed by atoms with Gasteiger partial charge in [-0.05, 0) is 6.42 Å². The number of ether oxygens (including phenoxy) is 1. The molecule has 0 aliphatic heterocycles. The van der Waals surface area contributed by atoms with Crippen LogP contribution < -0.4 is 17.0 Å². The molecule has 150 valence electrons. The van der Waals surface area contributed by atoms with Crippen LogP contribution in [0.3, 0.4) is 0 Å². The van der Waals surface area contributed by atoms with Gasteiger partial charge in [0.1, 0.15) is 24.5 Å². The molecular formula is C16H18N4O8. The van der Waals surface area contributed by atoms with E-state index in [1.165, 1.54) is 0 Å². The third-order valence-electron chi connectivity index (χ3n) is 4.36. The number of rotatable bonds is 7. The van der Waals surface area contributed by atoms with E-state index in [-0.39, 0.29) is 24.8 Å². The van der Waals surface area contributed by atoms with Gasteiger partial charge in [-0.25, -0.2) is 4.79 Å².